The third-order valence-electron chi connectivity index (χ3n) is 4.63. The van der Waals surface area contributed by atoms with Crippen LogP contribution in [-0.2, 0) is 19.6 Å². The van der Waals surface area contributed by atoms with Gasteiger partial charge in [-0.3, -0.25) is 9.59 Å². The molecule has 0 radical (unpaired) electrons. The third kappa shape index (κ3) is 5.27. The smallest absolute Gasteiger partial charge is 0.323 e. The maximum Gasteiger partial charge on any atom is 0.323 e. The predicted octanol–water partition coefficient (Wildman–Crippen LogP) is 1.42. The van der Waals surface area contributed by atoms with E-state index in [1.165, 1.54) is 35.7 Å². The molecule has 27 heavy (non-hydrogen) atoms. The molecule has 1 fully saturated rings. The summed E-state index contributed by atoms with van der Waals surface area (Å²) in [4.78, 5) is 24.8. The van der Waals surface area contributed by atoms with E-state index in [1.54, 1.807) is 0 Å². The molecule has 1 saturated heterocycles. The summed E-state index contributed by atoms with van der Waals surface area (Å²) in [5, 5.41) is 8.98. The van der Waals surface area contributed by atoms with Crippen LogP contribution in [0.1, 0.15) is 36.5 Å². The Labute approximate surface area is 159 Å². The van der Waals surface area contributed by atoms with Gasteiger partial charge in [-0.1, -0.05) is 6.42 Å². The number of carbonyl (C=O) groups excluding carboxylic acids is 1. The second kappa shape index (κ2) is 9.29. The maximum atomic E-state index is 12.8. The van der Waals surface area contributed by atoms with Gasteiger partial charge in [-0.25, -0.2) is 8.42 Å². The molecule has 1 amide bonds. The fraction of sp³-hybridized carbons (Fsp3) is 0.556. The number of rotatable bonds is 8. The Kier molecular flexibility index (Phi) is 7.34. The van der Waals surface area contributed by atoms with Crippen LogP contribution in [0.2, 0.25) is 0 Å². The average Bonchev–Trinajstić information content (AvgIpc) is 2.64. The first-order valence-electron chi connectivity index (χ1n) is 8.89. The zero-order chi connectivity index (χ0) is 20.0. The van der Waals surface area contributed by atoms with Crippen LogP contribution >= 0.6 is 0 Å². The molecule has 9 heteroatoms. The Balaban J connectivity index is 2.19. The van der Waals surface area contributed by atoms with Gasteiger partial charge in [-0.05, 0) is 44.0 Å². The van der Waals surface area contributed by atoms with E-state index in [9.17, 15) is 18.0 Å². The van der Waals surface area contributed by atoms with E-state index in [1.807, 2.05) is 6.92 Å². The normalized spacial score (nSPS) is 18.2. The van der Waals surface area contributed by atoms with E-state index in [0.29, 0.717) is 6.54 Å². The summed E-state index contributed by atoms with van der Waals surface area (Å²) < 4.78 is 32.1. The Hall–Kier alpha value is -1.97. The van der Waals surface area contributed by atoms with Gasteiger partial charge in [-0.2, -0.15) is 4.31 Å². The van der Waals surface area contributed by atoms with Crippen LogP contribution in [-0.4, -0.2) is 74.0 Å². The minimum Gasteiger partial charge on any atom is -0.480 e. The van der Waals surface area contributed by atoms with Crippen molar-refractivity contribution < 1.29 is 27.9 Å². The number of methoxy groups -OCH3 is 1. The molecule has 0 spiro atoms. The van der Waals surface area contributed by atoms with Crippen molar-refractivity contribution in [1.82, 2.24) is 9.21 Å². The van der Waals surface area contributed by atoms with Crippen molar-refractivity contribution in [3.8, 4) is 0 Å². The summed E-state index contributed by atoms with van der Waals surface area (Å²) in [5.74, 6) is -1.61. The number of amides is 1. The van der Waals surface area contributed by atoms with Crippen LogP contribution in [0.25, 0.3) is 0 Å². The van der Waals surface area contributed by atoms with Crippen LogP contribution < -0.4 is 0 Å². The number of benzene rings is 1. The summed E-state index contributed by atoms with van der Waals surface area (Å²) >= 11 is 0. The third-order valence-corrected chi connectivity index (χ3v) is 6.66. The van der Waals surface area contributed by atoms with Crippen molar-refractivity contribution in [2.24, 2.45) is 0 Å². The van der Waals surface area contributed by atoms with Gasteiger partial charge in [0.1, 0.15) is 6.54 Å². The second-order valence-electron chi connectivity index (χ2n) is 6.60. The zero-order valence-electron chi connectivity index (χ0n) is 15.6. The molecule has 1 N–H and O–H groups in total. The Bertz CT molecular complexity index is 763. The molecule has 0 aromatic heterocycles. The summed E-state index contributed by atoms with van der Waals surface area (Å²) in [6, 6.07) is 5.60. The molecule has 8 nitrogen and oxygen atoms in total. The van der Waals surface area contributed by atoms with E-state index >= 15 is 0 Å². The lowest BCUT2D eigenvalue weighted by Gasteiger charge is -2.32. The van der Waals surface area contributed by atoms with Gasteiger partial charge in [0.2, 0.25) is 10.0 Å². The molecular formula is C18H26N2O6S. The highest BCUT2D eigenvalue weighted by molar-refractivity contribution is 7.89. The largest absolute Gasteiger partial charge is 0.480 e. The maximum absolute atomic E-state index is 12.8. The number of sulfonamides is 1. The number of ether oxygens (including phenoxy) is 1. The van der Waals surface area contributed by atoms with Crippen LogP contribution in [0.15, 0.2) is 29.2 Å². The van der Waals surface area contributed by atoms with Crippen molar-refractivity contribution in [2.75, 3.05) is 33.4 Å². The lowest BCUT2D eigenvalue weighted by molar-refractivity contribution is -0.137. The topological polar surface area (TPSA) is 104 Å². The van der Waals surface area contributed by atoms with E-state index in [0.717, 1.165) is 24.2 Å². The van der Waals surface area contributed by atoms with E-state index in [2.05, 4.69) is 0 Å². The molecule has 1 heterocycles. The number of piperidine rings is 1. The van der Waals surface area contributed by atoms with Crippen molar-refractivity contribution in [2.45, 2.75) is 37.1 Å². The quantitative estimate of drug-likeness (QED) is 0.710. The summed E-state index contributed by atoms with van der Waals surface area (Å²) in [7, 11) is -2.15. The van der Waals surface area contributed by atoms with E-state index < -0.39 is 28.4 Å². The van der Waals surface area contributed by atoms with Crippen molar-refractivity contribution in [3.63, 3.8) is 0 Å². The molecule has 2 rings (SSSR count). The number of hydrogen-bond donors (Lipinski definition) is 1. The van der Waals surface area contributed by atoms with Crippen LogP contribution in [0, 0.1) is 0 Å². The van der Waals surface area contributed by atoms with Gasteiger partial charge < -0.3 is 14.7 Å². The summed E-state index contributed by atoms with van der Waals surface area (Å²) in [6.07, 6.45) is 2.69. The number of hydrogen-bond acceptors (Lipinski definition) is 5. The lowest BCUT2D eigenvalue weighted by Crippen LogP contribution is -2.42. The number of carboxylic acid groups (broad SMARTS) is 1. The molecule has 1 aliphatic heterocycles. The second-order valence-corrected chi connectivity index (χ2v) is 8.49. The average molecular weight is 398 g/mol. The number of carbonyl (C=O) groups is 2. The van der Waals surface area contributed by atoms with Gasteiger partial charge in [0.25, 0.3) is 5.91 Å². The first kappa shape index (κ1) is 21.3. The minimum absolute atomic E-state index is 0.0508. The fourth-order valence-corrected chi connectivity index (χ4v) is 4.83. The standard InChI is InChI=1S/C18H26N2O6S/c1-14-5-3-4-10-20(14)27(24,25)16-8-6-15(7-9-16)18(23)19(11-12-26-2)13-17(21)22/h6-9,14H,3-5,10-13H2,1-2H3,(H,21,22). The molecule has 1 aliphatic rings. The molecule has 1 unspecified atom stereocenters. The van der Waals surface area contributed by atoms with Crippen molar-refractivity contribution in [1.29, 1.82) is 0 Å². The first-order valence-corrected chi connectivity index (χ1v) is 10.3. The predicted molar refractivity (Wildman–Crippen MR) is 99.1 cm³/mol. The van der Waals surface area contributed by atoms with Crippen molar-refractivity contribution in [3.05, 3.63) is 29.8 Å². The highest BCUT2D eigenvalue weighted by Gasteiger charge is 2.31. The van der Waals surface area contributed by atoms with Gasteiger partial charge in [0.05, 0.1) is 11.5 Å². The fourth-order valence-electron chi connectivity index (χ4n) is 3.13. The Morgan fingerprint density at radius 1 is 1.26 bits per heavy atom. The van der Waals surface area contributed by atoms with Crippen LogP contribution in [0.5, 0.6) is 0 Å². The van der Waals surface area contributed by atoms with E-state index in [4.69, 9.17) is 9.84 Å². The Morgan fingerprint density at radius 3 is 2.48 bits per heavy atom. The monoisotopic (exact) mass is 398 g/mol. The molecule has 0 saturated carbocycles. The number of nitrogens with zero attached hydrogens (tertiary/aromatic N) is 2. The van der Waals surface area contributed by atoms with Gasteiger partial charge in [0, 0.05) is 31.8 Å². The zero-order valence-corrected chi connectivity index (χ0v) is 16.4. The molecule has 0 bridgehead atoms. The Morgan fingerprint density at radius 2 is 1.93 bits per heavy atom. The highest BCUT2D eigenvalue weighted by atomic mass is 32.2. The summed E-state index contributed by atoms with van der Waals surface area (Å²) in [5.41, 5.74) is 0.234. The molecule has 1 aromatic rings. The lowest BCUT2D eigenvalue weighted by atomic mass is 10.1. The molecule has 1 atom stereocenters. The molecular weight excluding hydrogens is 372 g/mol. The number of carboxylic acids is 1. The van der Waals surface area contributed by atoms with Crippen molar-refractivity contribution >= 4 is 21.9 Å². The SMILES string of the molecule is COCCN(CC(=O)O)C(=O)c1ccc(S(=O)(=O)N2CCCCC2C)cc1. The van der Waals surface area contributed by atoms with Gasteiger partial charge in [0.15, 0.2) is 0 Å². The van der Waals surface area contributed by atoms with Crippen LogP contribution in [0.3, 0.4) is 0 Å². The molecule has 0 aliphatic carbocycles. The molecule has 150 valence electrons. The first-order chi connectivity index (χ1) is 12.8. The molecule has 1 aromatic carbocycles. The van der Waals surface area contributed by atoms with Gasteiger partial charge in [-0.15, -0.1) is 0 Å². The number of aliphatic carboxylic acids is 1. The van der Waals surface area contributed by atoms with Crippen LogP contribution in [0.4, 0.5) is 0 Å². The highest BCUT2D eigenvalue weighted by Crippen LogP contribution is 2.25. The minimum atomic E-state index is -3.61. The van der Waals surface area contributed by atoms with Gasteiger partial charge >= 0.3 is 5.97 Å². The van der Waals surface area contributed by atoms with E-state index in [-0.39, 0.29) is 29.7 Å². The summed E-state index contributed by atoms with van der Waals surface area (Å²) in [6.45, 7) is 2.28.